The van der Waals surface area contributed by atoms with Gasteiger partial charge in [-0.2, -0.15) is 0 Å². The van der Waals surface area contributed by atoms with Gasteiger partial charge in [0.15, 0.2) is 0 Å². The molecule has 3 rings (SSSR count). The number of benzene rings is 2. The Hall–Kier alpha value is -2.29. The molecule has 0 bridgehead atoms. The smallest absolute Gasteiger partial charge is 0.123 e. The summed E-state index contributed by atoms with van der Waals surface area (Å²) in [5.74, 6) is 0.142. The molecule has 1 heterocycles. The number of anilines is 1. The Morgan fingerprint density at radius 1 is 1.11 bits per heavy atom. The minimum absolute atomic E-state index is 0.142. The van der Waals surface area contributed by atoms with Gasteiger partial charge in [0.05, 0.1) is 0 Å². The number of nitrogens with one attached hydrogen (secondary N) is 1. The molecule has 0 saturated carbocycles. The third-order valence-corrected chi connectivity index (χ3v) is 3.65. The van der Waals surface area contributed by atoms with Crippen LogP contribution in [0.25, 0.3) is 0 Å². The summed E-state index contributed by atoms with van der Waals surface area (Å²) in [6.45, 7) is 1.85. The molecule has 3 nitrogen and oxygen atoms in total. The molecule has 0 fully saturated rings. The third-order valence-electron chi connectivity index (χ3n) is 3.65. The van der Waals surface area contributed by atoms with E-state index in [9.17, 15) is 0 Å². The lowest BCUT2D eigenvalue weighted by Crippen LogP contribution is -2.22. The first-order valence-electron chi connectivity index (χ1n) is 6.51. The highest BCUT2D eigenvalue weighted by Crippen LogP contribution is 2.29. The molecule has 1 aliphatic heterocycles. The maximum Gasteiger partial charge on any atom is 0.123 e. The van der Waals surface area contributed by atoms with Gasteiger partial charge in [-0.25, -0.2) is 0 Å². The Balaban J connectivity index is 1.90. The highest BCUT2D eigenvalue weighted by atomic mass is 15.1. The van der Waals surface area contributed by atoms with Gasteiger partial charge in [-0.1, -0.05) is 42.5 Å². The van der Waals surface area contributed by atoms with Crippen molar-refractivity contribution in [2.45, 2.75) is 13.0 Å². The molecule has 2 aromatic carbocycles. The average molecular weight is 251 g/mol. The number of para-hydroxylation sites is 1. The fourth-order valence-electron chi connectivity index (χ4n) is 2.70. The Morgan fingerprint density at radius 3 is 2.68 bits per heavy atom. The molecule has 1 aliphatic rings. The number of rotatable bonds is 3. The first-order valence-corrected chi connectivity index (χ1v) is 6.51. The number of amidine groups is 1. The lowest BCUT2D eigenvalue weighted by Gasteiger charge is -2.21. The molecular weight excluding hydrogens is 234 g/mol. The quantitative estimate of drug-likeness (QED) is 0.650. The van der Waals surface area contributed by atoms with E-state index in [1.807, 2.05) is 18.2 Å². The second-order valence-electron chi connectivity index (χ2n) is 4.87. The maximum atomic E-state index is 7.65. The van der Waals surface area contributed by atoms with Crippen molar-refractivity contribution in [3.8, 4) is 0 Å². The van der Waals surface area contributed by atoms with Crippen LogP contribution < -0.4 is 10.6 Å². The van der Waals surface area contributed by atoms with E-state index < -0.39 is 0 Å². The molecule has 0 saturated heterocycles. The van der Waals surface area contributed by atoms with E-state index in [0.29, 0.717) is 0 Å². The molecule has 3 heteroatoms. The van der Waals surface area contributed by atoms with Crippen molar-refractivity contribution in [2.24, 2.45) is 5.73 Å². The first kappa shape index (κ1) is 11.8. The Kier molecular flexibility index (Phi) is 2.95. The summed E-state index contributed by atoms with van der Waals surface area (Å²) in [7, 11) is 0. The van der Waals surface area contributed by atoms with Crippen LogP contribution in [0.5, 0.6) is 0 Å². The van der Waals surface area contributed by atoms with E-state index in [2.05, 4.69) is 35.2 Å². The van der Waals surface area contributed by atoms with Crippen molar-refractivity contribution in [3.05, 3.63) is 65.2 Å². The fraction of sp³-hybridized carbons (Fsp3) is 0.188. The molecule has 0 spiro atoms. The minimum Gasteiger partial charge on any atom is -0.384 e. The highest BCUT2D eigenvalue weighted by Gasteiger charge is 2.19. The highest BCUT2D eigenvalue weighted by molar-refractivity contribution is 5.96. The zero-order chi connectivity index (χ0) is 13.2. The van der Waals surface area contributed by atoms with E-state index in [0.717, 1.165) is 30.6 Å². The number of hydrogen-bond acceptors (Lipinski definition) is 2. The molecule has 0 aliphatic carbocycles. The predicted octanol–water partition coefficient (Wildman–Crippen LogP) is 2.53. The number of nitrogen functional groups attached to an aromatic ring is 1. The third kappa shape index (κ3) is 2.19. The monoisotopic (exact) mass is 251 g/mol. The van der Waals surface area contributed by atoms with Crippen LogP contribution in [-0.2, 0) is 13.0 Å². The van der Waals surface area contributed by atoms with Crippen molar-refractivity contribution >= 4 is 11.5 Å². The summed E-state index contributed by atoms with van der Waals surface area (Å²) in [6, 6.07) is 16.4. The van der Waals surface area contributed by atoms with Crippen LogP contribution in [0.3, 0.4) is 0 Å². The second-order valence-corrected chi connectivity index (χ2v) is 4.87. The topological polar surface area (TPSA) is 53.1 Å². The van der Waals surface area contributed by atoms with Crippen LogP contribution in [0.1, 0.15) is 16.7 Å². The number of hydrogen-bond donors (Lipinski definition) is 2. The summed E-state index contributed by atoms with van der Waals surface area (Å²) in [5.41, 5.74) is 10.3. The SMILES string of the molecule is N=C(N)c1ccccc1CN1CCc2ccccc21. The van der Waals surface area contributed by atoms with E-state index in [-0.39, 0.29) is 5.84 Å². The van der Waals surface area contributed by atoms with Crippen LogP contribution in [0.15, 0.2) is 48.5 Å². The van der Waals surface area contributed by atoms with Gasteiger partial charge in [-0.3, -0.25) is 5.41 Å². The van der Waals surface area contributed by atoms with Crippen LogP contribution in [0, 0.1) is 5.41 Å². The van der Waals surface area contributed by atoms with Crippen molar-refractivity contribution in [2.75, 3.05) is 11.4 Å². The van der Waals surface area contributed by atoms with Gasteiger partial charge in [0.25, 0.3) is 0 Å². The molecule has 0 amide bonds. The number of nitrogens with two attached hydrogens (primary N) is 1. The summed E-state index contributed by atoms with van der Waals surface area (Å²) in [6.07, 6.45) is 1.10. The van der Waals surface area contributed by atoms with Gasteiger partial charge in [-0.05, 0) is 23.6 Å². The van der Waals surface area contributed by atoms with Gasteiger partial charge in [-0.15, -0.1) is 0 Å². The molecule has 3 N–H and O–H groups in total. The average Bonchev–Trinajstić information content (AvgIpc) is 2.83. The van der Waals surface area contributed by atoms with Gasteiger partial charge < -0.3 is 10.6 Å². The summed E-state index contributed by atoms with van der Waals surface area (Å²) in [4.78, 5) is 2.36. The Labute approximate surface area is 113 Å². The minimum atomic E-state index is 0.142. The van der Waals surface area contributed by atoms with Crippen LogP contribution >= 0.6 is 0 Å². The predicted molar refractivity (Wildman–Crippen MR) is 78.7 cm³/mol. The number of fused-ring (bicyclic) bond motifs is 1. The molecule has 0 atom stereocenters. The molecular formula is C16H17N3. The Morgan fingerprint density at radius 2 is 1.84 bits per heavy atom. The van der Waals surface area contributed by atoms with Crippen LogP contribution in [0.2, 0.25) is 0 Å². The van der Waals surface area contributed by atoms with E-state index >= 15 is 0 Å². The largest absolute Gasteiger partial charge is 0.384 e. The fourth-order valence-corrected chi connectivity index (χ4v) is 2.70. The van der Waals surface area contributed by atoms with Crippen molar-refractivity contribution < 1.29 is 0 Å². The molecule has 96 valence electrons. The van der Waals surface area contributed by atoms with E-state index in [4.69, 9.17) is 11.1 Å². The van der Waals surface area contributed by atoms with E-state index in [1.165, 1.54) is 11.3 Å². The maximum absolute atomic E-state index is 7.65. The molecule has 2 aromatic rings. The molecule has 0 radical (unpaired) electrons. The van der Waals surface area contributed by atoms with E-state index in [1.54, 1.807) is 0 Å². The zero-order valence-electron chi connectivity index (χ0n) is 10.8. The lowest BCUT2D eigenvalue weighted by molar-refractivity contribution is 0.834. The normalized spacial score (nSPS) is 13.4. The molecule has 0 unspecified atom stereocenters. The summed E-state index contributed by atoms with van der Waals surface area (Å²) in [5, 5.41) is 7.65. The summed E-state index contributed by atoms with van der Waals surface area (Å²) >= 11 is 0. The van der Waals surface area contributed by atoms with Crippen molar-refractivity contribution in [1.29, 1.82) is 5.41 Å². The van der Waals surface area contributed by atoms with Crippen molar-refractivity contribution in [3.63, 3.8) is 0 Å². The standard InChI is InChI=1S/C16H17N3/c17-16(18)14-7-3-1-6-13(14)11-19-10-9-12-5-2-4-8-15(12)19/h1-8H,9-11H2,(H3,17,18). The molecule has 0 aromatic heterocycles. The number of nitrogens with zero attached hydrogens (tertiary/aromatic N) is 1. The molecule has 19 heavy (non-hydrogen) atoms. The summed E-state index contributed by atoms with van der Waals surface area (Å²) < 4.78 is 0. The van der Waals surface area contributed by atoms with Gasteiger partial charge in [0, 0.05) is 24.3 Å². The van der Waals surface area contributed by atoms with Gasteiger partial charge >= 0.3 is 0 Å². The lowest BCUT2D eigenvalue weighted by atomic mass is 10.1. The zero-order valence-corrected chi connectivity index (χ0v) is 10.8. The second kappa shape index (κ2) is 4.76. The first-order chi connectivity index (χ1) is 9.25. The van der Waals surface area contributed by atoms with Gasteiger partial charge in [0.2, 0.25) is 0 Å². The van der Waals surface area contributed by atoms with Crippen LogP contribution in [0.4, 0.5) is 5.69 Å². The Bertz CT molecular complexity index is 619. The van der Waals surface area contributed by atoms with Gasteiger partial charge in [0.1, 0.15) is 5.84 Å². The van der Waals surface area contributed by atoms with Crippen LogP contribution in [-0.4, -0.2) is 12.4 Å². The van der Waals surface area contributed by atoms with Crippen molar-refractivity contribution in [1.82, 2.24) is 0 Å².